The van der Waals surface area contributed by atoms with Crippen LogP contribution in [0.15, 0.2) is 11.5 Å². The van der Waals surface area contributed by atoms with Gasteiger partial charge in [0.2, 0.25) is 0 Å². The van der Waals surface area contributed by atoms with Gasteiger partial charge in [0.05, 0.1) is 32.0 Å². The van der Waals surface area contributed by atoms with Gasteiger partial charge in [-0.2, -0.15) is 0 Å². The minimum Gasteiger partial charge on any atom is -0.469 e. The molecule has 6 rings (SSSR count). The zero-order chi connectivity index (χ0) is 18.9. The quantitative estimate of drug-likeness (QED) is 0.710. The van der Waals surface area contributed by atoms with Crippen LogP contribution in [0, 0.1) is 29.1 Å². The van der Waals surface area contributed by atoms with Crippen LogP contribution in [0.1, 0.15) is 40.0 Å². The number of hydrogen-bond donors (Lipinski definition) is 2. The normalized spacial score (nSPS) is 59.9. The highest BCUT2D eigenvalue weighted by Crippen LogP contribution is 2.79. The molecular weight excluding hydrogens is 348 g/mol. The Labute approximate surface area is 159 Å². The molecule has 6 nitrogen and oxygen atoms in total. The van der Waals surface area contributed by atoms with Crippen molar-refractivity contribution >= 4 is 0 Å². The Morgan fingerprint density at radius 1 is 1.22 bits per heavy atom. The van der Waals surface area contributed by atoms with E-state index in [9.17, 15) is 10.2 Å². The van der Waals surface area contributed by atoms with Crippen molar-refractivity contribution in [2.24, 2.45) is 29.1 Å². The van der Waals surface area contributed by atoms with Gasteiger partial charge in [0.1, 0.15) is 11.7 Å². The highest BCUT2D eigenvalue weighted by molar-refractivity contribution is 5.43. The minimum atomic E-state index is -0.680. The third kappa shape index (κ3) is 1.59. The molecule has 6 heteroatoms. The lowest BCUT2D eigenvalue weighted by molar-refractivity contribution is -0.137. The number of aliphatic hydroxyl groups is 2. The monoisotopic (exact) mass is 378 g/mol. The number of aliphatic hydroxyl groups excluding tert-OH is 2. The van der Waals surface area contributed by atoms with Crippen LogP contribution in [0.4, 0.5) is 0 Å². The lowest BCUT2D eigenvalue weighted by Crippen LogP contribution is -2.70. The van der Waals surface area contributed by atoms with E-state index in [2.05, 4.69) is 20.8 Å². The molecule has 150 valence electrons. The number of fused-ring (bicyclic) bond motifs is 3. The Hall–Kier alpha value is -0.820. The molecule has 10 atom stereocenters. The van der Waals surface area contributed by atoms with E-state index in [-0.39, 0.29) is 29.5 Å². The predicted octanol–water partition coefficient (Wildman–Crippen LogP) is 1.59. The summed E-state index contributed by atoms with van der Waals surface area (Å²) < 4.78 is 24.1. The highest BCUT2D eigenvalue weighted by atomic mass is 16.7. The van der Waals surface area contributed by atoms with Gasteiger partial charge < -0.3 is 29.2 Å². The summed E-state index contributed by atoms with van der Waals surface area (Å²) in [5.74, 6) is 1.34. The van der Waals surface area contributed by atoms with E-state index in [4.69, 9.17) is 18.9 Å². The van der Waals surface area contributed by atoms with Crippen molar-refractivity contribution in [1.82, 2.24) is 0 Å². The van der Waals surface area contributed by atoms with E-state index in [1.807, 2.05) is 0 Å². The molecule has 2 unspecified atom stereocenters. The van der Waals surface area contributed by atoms with Crippen molar-refractivity contribution in [2.45, 2.75) is 75.7 Å². The van der Waals surface area contributed by atoms with Crippen molar-refractivity contribution in [3.63, 3.8) is 0 Å². The summed E-state index contributed by atoms with van der Waals surface area (Å²) in [4.78, 5) is 0. The maximum absolute atomic E-state index is 11.4. The van der Waals surface area contributed by atoms with Crippen LogP contribution >= 0.6 is 0 Å². The third-order valence-electron chi connectivity index (χ3n) is 9.10. The molecular formula is C21H30O6. The first-order valence-corrected chi connectivity index (χ1v) is 10.4. The molecule has 2 spiro atoms. The predicted molar refractivity (Wildman–Crippen MR) is 94.5 cm³/mol. The Balaban J connectivity index is 1.44. The van der Waals surface area contributed by atoms with Crippen LogP contribution < -0.4 is 0 Å². The third-order valence-corrected chi connectivity index (χ3v) is 9.10. The van der Waals surface area contributed by atoms with Crippen LogP contribution in [0.5, 0.6) is 0 Å². The van der Waals surface area contributed by atoms with Gasteiger partial charge in [-0.25, -0.2) is 0 Å². The fourth-order valence-corrected chi connectivity index (χ4v) is 7.85. The second-order valence-electron chi connectivity index (χ2n) is 10.1. The summed E-state index contributed by atoms with van der Waals surface area (Å²) in [6.45, 7) is 7.08. The summed E-state index contributed by atoms with van der Waals surface area (Å²) >= 11 is 0. The molecule has 0 amide bonds. The molecule has 0 aromatic carbocycles. The molecule has 0 aromatic rings. The topological polar surface area (TPSA) is 84.0 Å². The van der Waals surface area contributed by atoms with E-state index in [0.717, 1.165) is 19.3 Å². The van der Waals surface area contributed by atoms with Crippen LogP contribution in [0.25, 0.3) is 0 Å². The van der Waals surface area contributed by atoms with Crippen molar-refractivity contribution < 1.29 is 29.2 Å². The fourth-order valence-electron chi connectivity index (χ4n) is 7.85. The minimum absolute atomic E-state index is 0.00951. The molecule has 0 aromatic heterocycles. The Bertz CT molecular complexity index is 734. The lowest BCUT2D eigenvalue weighted by Gasteiger charge is -2.56. The molecule has 3 heterocycles. The molecule has 27 heavy (non-hydrogen) atoms. The summed E-state index contributed by atoms with van der Waals surface area (Å²) in [6.07, 6.45) is 1.23. The molecule has 0 bridgehead atoms. The van der Waals surface area contributed by atoms with Gasteiger partial charge in [0.15, 0.2) is 5.60 Å². The van der Waals surface area contributed by atoms with Crippen molar-refractivity contribution in [3.8, 4) is 0 Å². The summed E-state index contributed by atoms with van der Waals surface area (Å²) in [7, 11) is 1.67. The van der Waals surface area contributed by atoms with Crippen LogP contribution in [0.3, 0.4) is 0 Å². The van der Waals surface area contributed by atoms with Gasteiger partial charge >= 0.3 is 0 Å². The van der Waals surface area contributed by atoms with Gasteiger partial charge in [-0.05, 0) is 31.1 Å². The Morgan fingerprint density at radius 3 is 2.70 bits per heavy atom. The molecule has 3 aliphatic heterocycles. The number of methoxy groups -OCH3 is 1. The second kappa shape index (κ2) is 4.84. The zero-order valence-electron chi connectivity index (χ0n) is 16.5. The molecule has 3 saturated carbocycles. The molecule has 6 aliphatic rings. The SMILES string of the molecule is COC1=C2CC[C@@]3(C)[C@@H](C[C@@H]4O[C@@]45[C@H](O)C(C(C)C)[C@@H](O)[C@@H]4O[C@@]453)C2CO1. The number of hydrogen-bond acceptors (Lipinski definition) is 6. The smallest absolute Gasteiger partial charge is 0.278 e. The summed E-state index contributed by atoms with van der Waals surface area (Å²) in [6, 6.07) is 0. The van der Waals surface area contributed by atoms with Crippen LogP contribution in [-0.4, -0.2) is 59.5 Å². The molecule has 0 radical (unpaired) electrons. The summed E-state index contributed by atoms with van der Waals surface area (Å²) in [5, 5.41) is 22.4. The first-order valence-electron chi connectivity index (χ1n) is 10.4. The molecule has 5 fully saturated rings. The van der Waals surface area contributed by atoms with Crippen LogP contribution in [-0.2, 0) is 18.9 Å². The average molecular weight is 378 g/mol. The molecule has 3 aliphatic carbocycles. The maximum atomic E-state index is 11.4. The second-order valence-corrected chi connectivity index (χ2v) is 10.1. The number of rotatable bonds is 2. The van der Waals surface area contributed by atoms with Crippen molar-refractivity contribution in [3.05, 3.63) is 11.5 Å². The largest absolute Gasteiger partial charge is 0.469 e. The summed E-state index contributed by atoms with van der Waals surface area (Å²) in [5.41, 5.74) is -0.0604. The lowest BCUT2D eigenvalue weighted by atomic mass is 9.45. The zero-order valence-corrected chi connectivity index (χ0v) is 16.5. The van der Waals surface area contributed by atoms with Gasteiger partial charge in [-0.3, -0.25) is 0 Å². The standard InChI is InChI=1S/C21H30O6/c1-9(2)14-15(22)17-21(27-17)19(3)6-5-10-11(8-25-18(10)24-4)12(19)7-13-20(21,26-13)16(14)23/h9,11-17,22-23H,5-8H2,1-4H3/t11?,12-,13-,14?,15+,16+,17-,19-,20+,21+/m0/s1. The Morgan fingerprint density at radius 2 is 2.00 bits per heavy atom. The first-order chi connectivity index (χ1) is 12.8. The van der Waals surface area contributed by atoms with E-state index in [1.165, 1.54) is 5.57 Å². The molecule has 2 saturated heterocycles. The highest BCUT2D eigenvalue weighted by Gasteiger charge is 2.94. The van der Waals surface area contributed by atoms with Gasteiger partial charge in [-0.15, -0.1) is 0 Å². The van der Waals surface area contributed by atoms with E-state index >= 15 is 0 Å². The first kappa shape index (κ1) is 17.1. The van der Waals surface area contributed by atoms with Crippen LogP contribution in [0.2, 0.25) is 0 Å². The maximum Gasteiger partial charge on any atom is 0.278 e. The Kier molecular flexibility index (Phi) is 3.06. The van der Waals surface area contributed by atoms with E-state index in [0.29, 0.717) is 24.4 Å². The average Bonchev–Trinajstić information content (AvgIpc) is 3.50. The fraction of sp³-hybridized carbons (Fsp3) is 0.905. The number of epoxide rings is 2. The number of ether oxygens (including phenoxy) is 4. The van der Waals surface area contributed by atoms with Gasteiger partial charge in [-0.1, -0.05) is 20.8 Å². The van der Waals surface area contributed by atoms with E-state index in [1.54, 1.807) is 7.11 Å². The van der Waals surface area contributed by atoms with Gasteiger partial charge in [0, 0.05) is 22.8 Å². The van der Waals surface area contributed by atoms with Crippen molar-refractivity contribution in [1.29, 1.82) is 0 Å². The molecule has 2 N–H and O–H groups in total. The van der Waals surface area contributed by atoms with Crippen molar-refractivity contribution in [2.75, 3.05) is 13.7 Å². The van der Waals surface area contributed by atoms with Gasteiger partial charge in [0.25, 0.3) is 5.95 Å². The van der Waals surface area contributed by atoms with E-state index < -0.39 is 23.4 Å².